The molecule has 7 nitrogen and oxygen atoms in total. The molecule has 0 radical (unpaired) electrons. The summed E-state index contributed by atoms with van der Waals surface area (Å²) >= 11 is 4.94. The van der Waals surface area contributed by atoms with Crippen molar-refractivity contribution in [2.45, 2.75) is 19.5 Å². The van der Waals surface area contributed by atoms with E-state index in [9.17, 15) is 19.3 Å². The first kappa shape index (κ1) is 15.5. The summed E-state index contributed by atoms with van der Waals surface area (Å²) in [6, 6.07) is 3.46. The van der Waals surface area contributed by atoms with Gasteiger partial charge in [0, 0.05) is 49.4 Å². The number of H-pyrrole nitrogens is 2. The number of fused-ring (bicyclic) bond motifs is 1. The fourth-order valence-corrected chi connectivity index (χ4v) is 2.90. The number of non-ortho nitro benzene ring substituents is 1. The Morgan fingerprint density at radius 1 is 1.39 bits per heavy atom. The Labute approximate surface area is 134 Å². The average Bonchev–Trinajstić information content (AvgIpc) is 2.49. The van der Waals surface area contributed by atoms with E-state index >= 15 is 0 Å². The van der Waals surface area contributed by atoms with Crippen LogP contribution in [-0.2, 0) is 19.5 Å². The van der Waals surface area contributed by atoms with Gasteiger partial charge in [0.05, 0.1) is 10.5 Å². The highest BCUT2D eigenvalue weighted by Crippen LogP contribution is 2.21. The number of benzene rings is 1. The molecule has 3 rings (SSSR count). The Bertz CT molecular complexity index is 892. The van der Waals surface area contributed by atoms with Gasteiger partial charge in [0.25, 0.3) is 11.2 Å². The molecule has 2 aromatic rings. The third kappa shape index (κ3) is 3.20. The predicted molar refractivity (Wildman–Crippen MR) is 83.1 cm³/mol. The first-order valence-corrected chi connectivity index (χ1v) is 7.34. The van der Waals surface area contributed by atoms with Gasteiger partial charge in [0.2, 0.25) is 0 Å². The number of nitrogens with zero attached hydrogens (tertiary/aromatic N) is 2. The van der Waals surface area contributed by atoms with Gasteiger partial charge in [-0.3, -0.25) is 24.8 Å². The maximum atomic E-state index is 13.9. The molecule has 120 valence electrons. The van der Waals surface area contributed by atoms with Gasteiger partial charge in [-0.25, -0.2) is 4.39 Å². The molecule has 0 spiro atoms. The Balaban J connectivity index is 1.85. The summed E-state index contributed by atoms with van der Waals surface area (Å²) in [7, 11) is 0. The van der Waals surface area contributed by atoms with E-state index in [1.54, 1.807) is 0 Å². The quantitative estimate of drug-likeness (QED) is 0.508. The number of nitro benzene ring substituents is 1. The minimum atomic E-state index is -0.556. The Morgan fingerprint density at radius 3 is 2.91 bits per heavy atom. The van der Waals surface area contributed by atoms with Crippen LogP contribution in [0.5, 0.6) is 0 Å². The van der Waals surface area contributed by atoms with Gasteiger partial charge in [-0.2, -0.15) is 0 Å². The molecule has 1 aliphatic rings. The molecule has 9 heteroatoms. The highest BCUT2D eigenvalue weighted by molar-refractivity contribution is 7.71. The number of nitrogens with one attached hydrogen (secondary N) is 2. The number of aromatic nitrogens is 2. The number of rotatable bonds is 3. The zero-order valence-corrected chi connectivity index (χ0v) is 12.8. The molecule has 0 saturated carbocycles. The van der Waals surface area contributed by atoms with Crippen molar-refractivity contribution in [2.75, 3.05) is 6.54 Å². The molecule has 0 fully saturated rings. The molecule has 1 aromatic heterocycles. The average molecular weight is 336 g/mol. The summed E-state index contributed by atoms with van der Waals surface area (Å²) in [6.07, 6.45) is 0.583. The Morgan fingerprint density at radius 2 is 2.17 bits per heavy atom. The van der Waals surface area contributed by atoms with Crippen molar-refractivity contribution < 1.29 is 9.31 Å². The van der Waals surface area contributed by atoms with Crippen LogP contribution in [0, 0.1) is 20.7 Å². The molecule has 0 saturated heterocycles. The SMILES string of the molecule is O=c1[nH]c(=S)[nH]c2c1CN(Cc1cc([N+](=O)[O-])ccc1F)CC2. The van der Waals surface area contributed by atoms with E-state index < -0.39 is 10.7 Å². The molecule has 0 bridgehead atoms. The van der Waals surface area contributed by atoms with Gasteiger partial charge in [0.15, 0.2) is 4.77 Å². The van der Waals surface area contributed by atoms with Crippen LogP contribution in [0.4, 0.5) is 10.1 Å². The van der Waals surface area contributed by atoms with Crippen molar-refractivity contribution >= 4 is 17.9 Å². The Hall–Kier alpha value is -2.39. The zero-order chi connectivity index (χ0) is 16.6. The lowest BCUT2D eigenvalue weighted by atomic mass is 10.1. The number of hydrogen-bond acceptors (Lipinski definition) is 5. The molecule has 0 unspecified atom stereocenters. The second-order valence-electron chi connectivity index (χ2n) is 5.36. The summed E-state index contributed by atoms with van der Waals surface area (Å²) < 4.78 is 14.2. The molecule has 2 heterocycles. The third-order valence-electron chi connectivity index (χ3n) is 3.82. The number of hydrogen-bond donors (Lipinski definition) is 2. The zero-order valence-electron chi connectivity index (χ0n) is 12.0. The fraction of sp³-hybridized carbons (Fsp3) is 0.286. The molecule has 0 amide bonds. The number of nitro groups is 1. The second kappa shape index (κ2) is 6.01. The second-order valence-corrected chi connectivity index (χ2v) is 5.77. The minimum absolute atomic E-state index is 0.152. The van der Waals surface area contributed by atoms with Crippen molar-refractivity contribution in [2.24, 2.45) is 0 Å². The lowest BCUT2D eigenvalue weighted by Crippen LogP contribution is -2.35. The van der Waals surface area contributed by atoms with Crippen molar-refractivity contribution in [3.05, 3.63) is 66.1 Å². The largest absolute Gasteiger partial charge is 0.335 e. The molecular weight excluding hydrogens is 323 g/mol. The molecule has 23 heavy (non-hydrogen) atoms. The highest BCUT2D eigenvalue weighted by Gasteiger charge is 2.21. The maximum absolute atomic E-state index is 13.9. The van der Waals surface area contributed by atoms with Crippen LogP contribution >= 0.6 is 12.2 Å². The van der Waals surface area contributed by atoms with Crippen LogP contribution < -0.4 is 5.56 Å². The van der Waals surface area contributed by atoms with Gasteiger partial charge in [-0.15, -0.1) is 0 Å². The molecule has 1 aromatic carbocycles. The summed E-state index contributed by atoms with van der Waals surface area (Å²) in [5.41, 5.74) is 1.18. The topological polar surface area (TPSA) is 95.0 Å². The van der Waals surface area contributed by atoms with Gasteiger partial charge in [0.1, 0.15) is 5.82 Å². The van der Waals surface area contributed by atoms with Crippen LogP contribution in [-0.4, -0.2) is 26.3 Å². The van der Waals surface area contributed by atoms with Crippen LogP contribution in [0.15, 0.2) is 23.0 Å². The molecule has 2 N–H and O–H groups in total. The molecule has 0 atom stereocenters. The van der Waals surface area contributed by atoms with Gasteiger partial charge in [-0.1, -0.05) is 0 Å². The van der Waals surface area contributed by atoms with Crippen molar-refractivity contribution in [3.8, 4) is 0 Å². The van der Waals surface area contributed by atoms with Crippen LogP contribution in [0.3, 0.4) is 0 Å². The summed E-state index contributed by atoms with van der Waals surface area (Å²) in [5, 5.41) is 10.8. The maximum Gasteiger partial charge on any atom is 0.269 e. The smallest absolute Gasteiger partial charge is 0.269 e. The third-order valence-corrected chi connectivity index (χ3v) is 4.03. The van der Waals surface area contributed by atoms with Crippen LogP contribution in [0.2, 0.25) is 0 Å². The van der Waals surface area contributed by atoms with E-state index in [2.05, 4.69) is 9.97 Å². The standard InChI is InChI=1S/C14H13FN4O3S/c15-11-2-1-9(19(21)22)5-8(11)6-18-4-3-12-10(7-18)13(20)17-14(23)16-12/h1-2,5H,3-4,6-7H2,(H2,16,17,20,23). The normalized spacial score (nSPS) is 14.5. The summed E-state index contributed by atoms with van der Waals surface area (Å²) in [6.45, 7) is 1.13. The van der Waals surface area contributed by atoms with E-state index in [4.69, 9.17) is 12.2 Å². The van der Waals surface area contributed by atoms with E-state index in [1.165, 1.54) is 6.07 Å². The summed E-state index contributed by atoms with van der Waals surface area (Å²) in [4.78, 5) is 29.6. The van der Waals surface area contributed by atoms with Gasteiger partial charge >= 0.3 is 0 Å². The molecular formula is C14H13FN4O3S. The molecule has 1 aliphatic heterocycles. The summed E-state index contributed by atoms with van der Waals surface area (Å²) in [5.74, 6) is -0.497. The van der Waals surface area contributed by atoms with Crippen molar-refractivity contribution in [1.82, 2.24) is 14.9 Å². The fourth-order valence-electron chi connectivity index (χ4n) is 2.68. The highest BCUT2D eigenvalue weighted by atomic mass is 32.1. The van der Waals surface area contributed by atoms with Crippen LogP contribution in [0.25, 0.3) is 0 Å². The minimum Gasteiger partial charge on any atom is -0.335 e. The van der Waals surface area contributed by atoms with Crippen LogP contribution in [0.1, 0.15) is 16.8 Å². The first-order valence-electron chi connectivity index (χ1n) is 6.93. The number of halogens is 1. The Kier molecular flexibility index (Phi) is 4.05. The van der Waals surface area contributed by atoms with Crippen molar-refractivity contribution in [1.29, 1.82) is 0 Å². The predicted octanol–water partition coefficient (Wildman–Crippen LogP) is 2.04. The monoisotopic (exact) mass is 336 g/mol. The van der Waals surface area contributed by atoms with Crippen molar-refractivity contribution in [3.63, 3.8) is 0 Å². The van der Waals surface area contributed by atoms with E-state index in [1.807, 2.05) is 4.90 Å². The first-order chi connectivity index (χ1) is 10.9. The number of aromatic amines is 2. The lowest BCUT2D eigenvalue weighted by molar-refractivity contribution is -0.385. The van der Waals surface area contributed by atoms with Gasteiger partial charge in [-0.05, 0) is 18.3 Å². The van der Waals surface area contributed by atoms with E-state index in [0.717, 1.165) is 17.8 Å². The van der Waals surface area contributed by atoms with E-state index in [0.29, 0.717) is 25.1 Å². The molecule has 0 aliphatic carbocycles. The lowest BCUT2D eigenvalue weighted by Gasteiger charge is -2.27. The van der Waals surface area contributed by atoms with Gasteiger partial charge < -0.3 is 4.98 Å². The van der Waals surface area contributed by atoms with E-state index in [-0.39, 0.29) is 28.1 Å².